The normalized spacial score (nSPS) is 19.2. The number of carboxylic acids is 2. The highest BCUT2D eigenvalue weighted by Gasteiger charge is 2.40. The molecule has 0 aromatic carbocycles. The second-order valence-corrected chi connectivity index (χ2v) is 5.99. The van der Waals surface area contributed by atoms with Crippen molar-refractivity contribution in [1.82, 2.24) is 9.80 Å². The van der Waals surface area contributed by atoms with E-state index in [0.717, 1.165) is 4.90 Å². The van der Waals surface area contributed by atoms with E-state index in [9.17, 15) is 29.1 Å². The van der Waals surface area contributed by atoms with Gasteiger partial charge in [0.1, 0.15) is 12.1 Å². The van der Waals surface area contributed by atoms with E-state index < -0.39 is 60.6 Å². The van der Waals surface area contributed by atoms with Crippen molar-refractivity contribution >= 4 is 29.7 Å². The molecule has 3 amide bonds. The number of hydrogen-bond acceptors (Lipinski definition) is 6. The Bertz CT molecular complexity index is 575. The van der Waals surface area contributed by atoms with Crippen LogP contribution in [-0.4, -0.2) is 74.3 Å². The van der Waals surface area contributed by atoms with E-state index >= 15 is 0 Å². The zero-order valence-electron chi connectivity index (χ0n) is 14.2. The van der Waals surface area contributed by atoms with Crippen LogP contribution in [0.15, 0.2) is 0 Å². The van der Waals surface area contributed by atoms with Gasteiger partial charge in [0, 0.05) is 13.0 Å². The minimum Gasteiger partial charge on any atom is -0.481 e. The molecule has 25 heavy (non-hydrogen) atoms. The van der Waals surface area contributed by atoms with Crippen LogP contribution in [0, 0.1) is 0 Å². The maximum Gasteiger partial charge on any atom is 0.326 e. The van der Waals surface area contributed by atoms with Crippen LogP contribution in [0.4, 0.5) is 0 Å². The summed E-state index contributed by atoms with van der Waals surface area (Å²) in [6, 6.07) is -3.34. The van der Waals surface area contributed by atoms with Crippen LogP contribution in [0.2, 0.25) is 0 Å². The average molecular weight is 357 g/mol. The first-order chi connectivity index (χ1) is 11.6. The lowest BCUT2D eigenvalue weighted by molar-refractivity contribution is -0.158. The molecule has 0 aromatic rings. The van der Waals surface area contributed by atoms with Crippen LogP contribution in [0.5, 0.6) is 0 Å². The molecule has 0 unspecified atom stereocenters. The molecule has 0 spiro atoms. The summed E-state index contributed by atoms with van der Waals surface area (Å²) in [5.74, 6) is -4.70. The number of amides is 3. The molecule has 10 nitrogen and oxygen atoms in total. The smallest absolute Gasteiger partial charge is 0.326 e. The number of likely N-dealkylation sites (tertiary alicyclic amines) is 1. The van der Waals surface area contributed by atoms with Crippen molar-refractivity contribution in [2.45, 2.75) is 57.7 Å². The second kappa shape index (κ2) is 8.56. The SMILES string of the molecule is C[C@H](N)C(=O)N(C(=O)CCC(=O)O)[C@@H](C)C(=O)N1CCC[C@H]1C(=O)O. The van der Waals surface area contributed by atoms with Gasteiger partial charge in [-0.25, -0.2) is 4.79 Å². The summed E-state index contributed by atoms with van der Waals surface area (Å²) < 4.78 is 0. The zero-order valence-corrected chi connectivity index (χ0v) is 14.2. The molecule has 1 fully saturated rings. The molecule has 1 saturated heterocycles. The van der Waals surface area contributed by atoms with Gasteiger partial charge in [-0.2, -0.15) is 0 Å². The highest BCUT2D eigenvalue weighted by atomic mass is 16.4. The Hall–Kier alpha value is -2.49. The average Bonchev–Trinajstić information content (AvgIpc) is 3.01. The molecule has 0 aliphatic carbocycles. The fourth-order valence-electron chi connectivity index (χ4n) is 2.72. The van der Waals surface area contributed by atoms with Crippen LogP contribution in [0.3, 0.4) is 0 Å². The predicted octanol–water partition coefficient (Wildman–Crippen LogP) is -0.982. The first-order valence-electron chi connectivity index (χ1n) is 7.94. The molecule has 1 heterocycles. The van der Waals surface area contributed by atoms with E-state index in [4.69, 9.17) is 10.8 Å². The van der Waals surface area contributed by atoms with Gasteiger partial charge in [-0.1, -0.05) is 0 Å². The van der Waals surface area contributed by atoms with Gasteiger partial charge in [0.2, 0.25) is 17.7 Å². The fraction of sp³-hybridized carbons (Fsp3) is 0.667. The third-order valence-corrected chi connectivity index (χ3v) is 4.01. The summed E-state index contributed by atoms with van der Waals surface area (Å²) in [5, 5.41) is 17.9. The number of imide groups is 1. The monoisotopic (exact) mass is 357 g/mol. The molecule has 3 atom stereocenters. The quantitative estimate of drug-likeness (QED) is 0.524. The van der Waals surface area contributed by atoms with Crippen molar-refractivity contribution in [3.8, 4) is 0 Å². The Morgan fingerprint density at radius 1 is 1.16 bits per heavy atom. The van der Waals surface area contributed by atoms with Crippen molar-refractivity contribution in [3.05, 3.63) is 0 Å². The molecule has 1 aliphatic heterocycles. The maximum absolute atomic E-state index is 12.6. The van der Waals surface area contributed by atoms with Gasteiger partial charge in [0.05, 0.1) is 12.5 Å². The number of nitrogens with zero attached hydrogens (tertiary/aromatic N) is 2. The highest BCUT2D eigenvalue weighted by molar-refractivity contribution is 6.03. The second-order valence-electron chi connectivity index (χ2n) is 5.99. The largest absolute Gasteiger partial charge is 0.481 e. The number of hydrogen-bond donors (Lipinski definition) is 3. The topological polar surface area (TPSA) is 158 Å². The van der Waals surface area contributed by atoms with Crippen molar-refractivity contribution in [2.75, 3.05) is 6.54 Å². The van der Waals surface area contributed by atoms with Crippen LogP contribution in [-0.2, 0) is 24.0 Å². The van der Waals surface area contributed by atoms with E-state index in [1.54, 1.807) is 0 Å². The van der Waals surface area contributed by atoms with E-state index in [2.05, 4.69) is 0 Å². The number of carbonyl (C=O) groups is 5. The van der Waals surface area contributed by atoms with Gasteiger partial charge >= 0.3 is 11.9 Å². The lowest BCUT2D eigenvalue weighted by Crippen LogP contribution is -2.56. The number of nitrogens with two attached hydrogens (primary N) is 1. The van der Waals surface area contributed by atoms with Gasteiger partial charge < -0.3 is 20.8 Å². The van der Waals surface area contributed by atoms with E-state index in [1.165, 1.54) is 13.8 Å². The number of carboxylic acid groups (broad SMARTS) is 2. The van der Waals surface area contributed by atoms with E-state index in [-0.39, 0.29) is 6.54 Å². The molecule has 1 rings (SSSR count). The third kappa shape index (κ3) is 4.99. The molecule has 10 heteroatoms. The molecular formula is C15H23N3O7. The van der Waals surface area contributed by atoms with Crippen molar-refractivity contribution in [2.24, 2.45) is 5.73 Å². The summed E-state index contributed by atoms with van der Waals surface area (Å²) in [6.07, 6.45) is -0.163. The van der Waals surface area contributed by atoms with Crippen LogP contribution in [0.1, 0.15) is 39.5 Å². The Balaban J connectivity index is 3.01. The standard InChI is InChI=1S/C15H23N3O7/c1-8(16)13(22)18(11(19)5-6-12(20)21)9(2)14(23)17-7-3-4-10(17)15(24)25/h8-10H,3-7,16H2,1-2H3,(H,20,21)(H,24,25)/t8-,9-,10-/m0/s1. The summed E-state index contributed by atoms with van der Waals surface area (Å²) in [7, 11) is 0. The first kappa shape index (κ1) is 20.6. The van der Waals surface area contributed by atoms with Crippen LogP contribution >= 0.6 is 0 Å². The summed E-state index contributed by atoms with van der Waals surface area (Å²) in [4.78, 5) is 60.8. The molecule has 140 valence electrons. The molecule has 0 bridgehead atoms. The molecule has 0 saturated carbocycles. The summed E-state index contributed by atoms with van der Waals surface area (Å²) >= 11 is 0. The minimum atomic E-state index is -1.26. The third-order valence-electron chi connectivity index (χ3n) is 4.01. The molecule has 4 N–H and O–H groups in total. The fourth-order valence-corrected chi connectivity index (χ4v) is 2.72. The summed E-state index contributed by atoms with van der Waals surface area (Å²) in [5.41, 5.74) is 5.52. The van der Waals surface area contributed by atoms with Gasteiger partial charge in [0.25, 0.3) is 0 Å². The lowest BCUT2D eigenvalue weighted by Gasteiger charge is -2.32. The molecule has 0 aromatic heterocycles. The predicted molar refractivity (Wildman–Crippen MR) is 84.2 cm³/mol. The van der Waals surface area contributed by atoms with Crippen LogP contribution in [0.25, 0.3) is 0 Å². The maximum atomic E-state index is 12.6. The van der Waals surface area contributed by atoms with E-state index in [1.807, 2.05) is 0 Å². The Kier molecular flexibility index (Phi) is 7.04. The molecule has 0 radical (unpaired) electrons. The Morgan fingerprint density at radius 2 is 1.76 bits per heavy atom. The highest BCUT2D eigenvalue weighted by Crippen LogP contribution is 2.20. The van der Waals surface area contributed by atoms with Gasteiger partial charge in [-0.3, -0.25) is 24.1 Å². The Morgan fingerprint density at radius 3 is 2.24 bits per heavy atom. The van der Waals surface area contributed by atoms with Crippen molar-refractivity contribution in [3.63, 3.8) is 0 Å². The number of carbonyl (C=O) groups excluding carboxylic acids is 3. The van der Waals surface area contributed by atoms with Crippen molar-refractivity contribution in [1.29, 1.82) is 0 Å². The molecule has 1 aliphatic rings. The zero-order chi connectivity index (χ0) is 19.3. The first-order valence-corrected chi connectivity index (χ1v) is 7.94. The van der Waals surface area contributed by atoms with Gasteiger partial charge in [0.15, 0.2) is 0 Å². The van der Waals surface area contributed by atoms with E-state index in [0.29, 0.717) is 17.7 Å². The van der Waals surface area contributed by atoms with Gasteiger partial charge in [-0.05, 0) is 26.7 Å². The van der Waals surface area contributed by atoms with Crippen LogP contribution < -0.4 is 5.73 Å². The number of rotatable bonds is 7. The molecular weight excluding hydrogens is 334 g/mol. The minimum absolute atomic E-state index is 0.212. The van der Waals surface area contributed by atoms with Crippen molar-refractivity contribution < 1.29 is 34.2 Å². The lowest BCUT2D eigenvalue weighted by atomic mass is 10.1. The summed E-state index contributed by atoms with van der Waals surface area (Å²) in [6.45, 7) is 2.86. The number of aliphatic carboxylic acids is 2. The Labute approximate surface area is 144 Å². The van der Waals surface area contributed by atoms with Gasteiger partial charge in [-0.15, -0.1) is 0 Å².